The van der Waals surface area contributed by atoms with E-state index < -0.39 is 11.4 Å². The molecule has 0 aliphatic carbocycles. The molecule has 0 aromatic carbocycles. The van der Waals surface area contributed by atoms with Crippen molar-refractivity contribution in [2.24, 2.45) is 5.41 Å². The van der Waals surface area contributed by atoms with Crippen LogP contribution in [0.4, 0.5) is 0 Å². The van der Waals surface area contributed by atoms with Gasteiger partial charge in [0.05, 0.1) is 5.41 Å². The maximum absolute atomic E-state index is 11.3. The van der Waals surface area contributed by atoms with E-state index in [0.29, 0.717) is 13.0 Å². The molecular weight excluding hydrogens is 216 g/mol. The highest BCUT2D eigenvalue weighted by atomic mass is 16.4. The standard InChI is InChI=1S/C13H28N2O2/c1-6-13(3,12(16)17)11-15(7-2)10-8-9-14(4)5/h6-11H2,1-5H3,(H,16,17). The third-order valence-corrected chi connectivity index (χ3v) is 3.40. The number of nitrogens with zero attached hydrogens (tertiary/aromatic N) is 2. The number of carbonyl (C=O) groups is 1. The van der Waals surface area contributed by atoms with E-state index in [0.717, 1.165) is 26.1 Å². The first-order valence-corrected chi connectivity index (χ1v) is 6.46. The molecule has 0 aliphatic heterocycles. The van der Waals surface area contributed by atoms with Gasteiger partial charge in [-0.15, -0.1) is 0 Å². The van der Waals surface area contributed by atoms with Gasteiger partial charge in [-0.3, -0.25) is 4.79 Å². The summed E-state index contributed by atoms with van der Waals surface area (Å²) in [5.74, 6) is -0.689. The van der Waals surface area contributed by atoms with E-state index in [1.54, 1.807) is 0 Å². The Balaban J connectivity index is 4.23. The largest absolute Gasteiger partial charge is 0.481 e. The van der Waals surface area contributed by atoms with Gasteiger partial charge in [0.15, 0.2) is 0 Å². The fourth-order valence-corrected chi connectivity index (χ4v) is 1.78. The van der Waals surface area contributed by atoms with E-state index in [2.05, 4.69) is 30.8 Å². The van der Waals surface area contributed by atoms with Gasteiger partial charge in [0, 0.05) is 6.54 Å². The van der Waals surface area contributed by atoms with Crippen molar-refractivity contribution < 1.29 is 9.90 Å². The monoisotopic (exact) mass is 244 g/mol. The Bertz CT molecular complexity index is 231. The lowest BCUT2D eigenvalue weighted by Gasteiger charge is -2.31. The molecule has 0 fully saturated rings. The summed E-state index contributed by atoms with van der Waals surface area (Å²) in [5.41, 5.74) is -0.617. The molecule has 0 aromatic heterocycles. The van der Waals surface area contributed by atoms with Crippen molar-refractivity contribution in [2.75, 3.05) is 40.3 Å². The van der Waals surface area contributed by atoms with Crippen LogP contribution in [-0.2, 0) is 4.79 Å². The first-order valence-electron chi connectivity index (χ1n) is 6.46. The van der Waals surface area contributed by atoms with Crippen molar-refractivity contribution in [3.63, 3.8) is 0 Å². The van der Waals surface area contributed by atoms with E-state index in [-0.39, 0.29) is 0 Å². The number of carboxylic acid groups (broad SMARTS) is 1. The normalized spacial score (nSPS) is 15.2. The number of carboxylic acids is 1. The third kappa shape index (κ3) is 6.03. The lowest BCUT2D eigenvalue weighted by Crippen LogP contribution is -2.41. The van der Waals surface area contributed by atoms with Gasteiger partial charge in [0.2, 0.25) is 0 Å². The number of hydrogen-bond donors (Lipinski definition) is 1. The summed E-state index contributed by atoms with van der Waals surface area (Å²) in [4.78, 5) is 15.6. The van der Waals surface area contributed by atoms with Crippen LogP contribution in [0.25, 0.3) is 0 Å². The maximum atomic E-state index is 11.3. The molecule has 102 valence electrons. The molecule has 0 heterocycles. The molecule has 1 N–H and O–H groups in total. The Morgan fingerprint density at radius 1 is 1.24 bits per heavy atom. The molecule has 0 aromatic rings. The molecule has 0 saturated heterocycles. The topological polar surface area (TPSA) is 43.8 Å². The second kappa shape index (κ2) is 7.67. The van der Waals surface area contributed by atoms with Crippen molar-refractivity contribution >= 4 is 5.97 Å². The minimum absolute atomic E-state index is 0.617. The molecule has 17 heavy (non-hydrogen) atoms. The zero-order chi connectivity index (χ0) is 13.5. The number of aliphatic carboxylic acids is 1. The van der Waals surface area contributed by atoms with Crippen molar-refractivity contribution in [1.29, 1.82) is 0 Å². The molecule has 0 spiro atoms. The van der Waals surface area contributed by atoms with Crippen LogP contribution in [0.15, 0.2) is 0 Å². The summed E-state index contributed by atoms with van der Waals surface area (Å²) in [6, 6.07) is 0. The van der Waals surface area contributed by atoms with Gasteiger partial charge in [-0.1, -0.05) is 13.8 Å². The smallest absolute Gasteiger partial charge is 0.310 e. The van der Waals surface area contributed by atoms with Gasteiger partial charge in [-0.2, -0.15) is 0 Å². The van der Waals surface area contributed by atoms with Crippen LogP contribution in [0.3, 0.4) is 0 Å². The Morgan fingerprint density at radius 3 is 2.18 bits per heavy atom. The lowest BCUT2D eigenvalue weighted by atomic mass is 9.87. The Kier molecular flexibility index (Phi) is 7.39. The van der Waals surface area contributed by atoms with E-state index in [1.165, 1.54) is 0 Å². The summed E-state index contributed by atoms with van der Waals surface area (Å²) in [6.07, 6.45) is 1.76. The average Bonchev–Trinajstić information content (AvgIpc) is 2.26. The minimum atomic E-state index is -0.689. The highest BCUT2D eigenvalue weighted by Gasteiger charge is 2.32. The fourth-order valence-electron chi connectivity index (χ4n) is 1.78. The Labute approximate surface area is 106 Å². The van der Waals surface area contributed by atoms with Crippen molar-refractivity contribution in [1.82, 2.24) is 9.80 Å². The maximum Gasteiger partial charge on any atom is 0.310 e. The molecule has 0 saturated carbocycles. The zero-order valence-corrected chi connectivity index (χ0v) is 12.0. The summed E-state index contributed by atoms with van der Waals surface area (Å²) < 4.78 is 0. The number of hydrogen-bond acceptors (Lipinski definition) is 3. The van der Waals surface area contributed by atoms with Crippen LogP contribution in [-0.4, -0.2) is 61.2 Å². The van der Waals surface area contributed by atoms with Crippen molar-refractivity contribution in [3.05, 3.63) is 0 Å². The summed E-state index contributed by atoms with van der Waals surface area (Å²) in [6.45, 7) is 9.45. The van der Waals surface area contributed by atoms with Gasteiger partial charge in [0.1, 0.15) is 0 Å². The fraction of sp³-hybridized carbons (Fsp3) is 0.923. The van der Waals surface area contributed by atoms with Crippen LogP contribution in [0.1, 0.15) is 33.6 Å². The lowest BCUT2D eigenvalue weighted by molar-refractivity contribution is -0.149. The highest BCUT2D eigenvalue weighted by molar-refractivity contribution is 5.74. The second-order valence-corrected chi connectivity index (χ2v) is 5.24. The van der Waals surface area contributed by atoms with E-state index >= 15 is 0 Å². The van der Waals surface area contributed by atoms with Crippen LogP contribution in [0.5, 0.6) is 0 Å². The number of rotatable bonds is 9. The minimum Gasteiger partial charge on any atom is -0.481 e. The molecule has 0 amide bonds. The van der Waals surface area contributed by atoms with Crippen LogP contribution < -0.4 is 0 Å². The molecule has 0 radical (unpaired) electrons. The van der Waals surface area contributed by atoms with Gasteiger partial charge in [0.25, 0.3) is 0 Å². The van der Waals surface area contributed by atoms with Crippen LogP contribution in [0.2, 0.25) is 0 Å². The quantitative estimate of drug-likeness (QED) is 0.671. The summed E-state index contributed by atoms with van der Waals surface area (Å²) in [7, 11) is 4.12. The molecular formula is C13H28N2O2. The third-order valence-electron chi connectivity index (χ3n) is 3.40. The van der Waals surface area contributed by atoms with Crippen molar-refractivity contribution in [2.45, 2.75) is 33.6 Å². The first kappa shape index (κ1) is 16.4. The highest BCUT2D eigenvalue weighted by Crippen LogP contribution is 2.22. The zero-order valence-electron chi connectivity index (χ0n) is 12.0. The predicted octanol–water partition coefficient (Wildman–Crippen LogP) is 1.76. The van der Waals surface area contributed by atoms with Crippen LogP contribution in [0, 0.1) is 5.41 Å². The molecule has 1 atom stereocenters. The average molecular weight is 244 g/mol. The van der Waals surface area contributed by atoms with Gasteiger partial charge in [-0.25, -0.2) is 0 Å². The first-order chi connectivity index (χ1) is 7.85. The second-order valence-electron chi connectivity index (χ2n) is 5.24. The Morgan fingerprint density at radius 2 is 1.82 bits per heavy atom. The molecule has 4 heteroatoms. The summed E-state index contributed by atoms with van der Waals surface area (Å²) in [5, 5.41) is 9.26. The predicted molar refractivity (Wildman–Crippen MR) is 71.3 cm³/mol. The van der Waals surface area contributed by atoms with E-state index in [4.69, 9.17) is 0 Å². The SMILES string of the molecule is CCN(CCCN(C)C)CC(C)(CC)C(=O)O. The molecule has 1 unspecified atom stereocenters. The van der Waals surface area contributed by atoms with Crippen LogP contribution >= 0.6 is 0 Å². The van der Waals surface area contributed by atoms with E-state index in [1.807, 2.05) is 13.8 Å². The summed E-state index contributed by atoms with van der Waals surface area (Å²) >= 11 is 0. The molecule has 0 rings (SSSR count). The van der Waals surface area contributed by atoms with E-state index in [9.17, 15) is 9.90 Å². The molecule has 4 nitrogen and oxygen atoms in total. The van der Waals surface area contributed by atoms with Gasteiger partial charge < -0.3 is 14.9 Å². The van der Waals surface area contributed by atoms with Crippen molar-refractivity contribution in [3.8, 4) is 0 Å². The van der Waals surface area contributed by atoms with Gasteiger partial charge in [-0.05, 0) is 53.5 Å². The van der Waals surface area contributed by atoms with Gasteiger partial charge >= 0.3 is 5.97 Å². The molecule has 0 bridgehead atoms. The Hall–Kier alpha value is -0.610. The molecule has 0 aliphatic rings.